The topological polar surface area (TPSA) is 33.2 Å². The van der Waals surface area contributed by atoms with Gasteiger partial charge in [0, 0.05) is 23.5 Å². The van der Waals surface area contributed by atoms with Crippen LogP contribution < -0.4 is 4.90 Å². The molecular formula is C16H16ClFN2O. The largest absolute Gasteiger partial charge is 0.309 e. The molecule has 0 aliphatic heterocycles. The number of aromatic nitrogens is 1. The van der Waals surface area contributed by atoms with Gasteiger partial charge in [0.2, 0.25) is 0 Å². The van der Waals surface area contributed by atoms with Crippen molar-refractivity contribution in [2.75, 3.05) is 11.4 Å². The average molecular weight is 307 g/mol. The van der Waals surface area contributed by atoms with Crippen molar-refractivity contribution in [2.45, 2.75) is 20.3 Å². The number of hydrogen-bond donors (Lipinski definition) is 0. The number of pyridine rings is 1. The number of nitrogens with zero attached hydrogens (tertiary/aromatic N) is 2. The van der Waals surface area contributed by atoms with Crippen LogP contribution in [-0.2, 0) is 6.42 Å². The Hall–Kier alpha value is -1.94. The zero-order valence-electron chi connectivity index (χ0n) is 11.9. The standard InChI is InChI=1S/C16H16ClFN2O/c1-3-13-9-11(10-15(17)19-13)16(21)20(4-2)14-7-5-12(18)6-8-14/h5-10H,3-4H2,1-2H3. The highest BCUT2D eigenvalue weighted by atomic mass is 35.5. The third-order valence-corrected chi connectivity index (χ3v) is 3.35. The summed E-state index contributed by atoms with van der Waals surface area (Å²) in [5.41, 5.74) is 1.90. The molecule has 0 aliphatic carbocycles. The Kier molecular flexibility index (Phi) is 4.91. The zero-order valence-corrected chi connectivity index (χ0v) is 12.7. The first-order valence-electron chi connectivity index (χ1n) is 6.79. The second-order valence-corrected chi connectivity index (χ2v) is 4.94. The number of hydrogen-bond acceptors (Lipinski definition) is 2. The van der Waals surface area contributed by atoms with E-state index in [1.54, 1.807) is 29.2 Å². The van der Waals surface area contributed by atoms with Gasteiger partial charge in [0.05, 0.1) is 0 Å². The van der Waals surface area contributed by atoms with Crippen molar-refractivity contribution in [3.8, 4) is 0 Å². The molecule has 0 aliphatic rings. The molecule has 1 aromatic carbocycles. The van der Waals surface area contributed by atoms with E-state index in [0.29, 0.717) is 29.4 Å². The minimum atomic E-state index is -0.331. The van der Waals surface area contributed by atoms with Crippen molar-refractivity contribution < 1.29 is 9.18 Å². The molecule has 0 fully saturated rings. The highest BCUT2D eigenvalue weighted by molar-refractivity contribution is 6.29. The number of rotatable bonds is 4. The Morgan fingerprint density at radius 3 is 2.48 bits per heavy atom. The van der Waals surface area contributed by atoms with Gasteiger partial charge in [0.1, 0.15) is 11.0 Å². The van der Waals surface area contributed by atoms with Crippen LogP contribution in [0.1, 0.15) is 29.9 Å². The summed E-state index contributed by atoms with van der Waals surface area (Å²) in [7, 11) is 0. The summed E-state index contributed by atoms with van der Waals surface area (Å²) in [6, 6.07) is 9.13. The lowest BCUT2D eigenvalue weighted by Gasteiger charge is -2.21. The van der Waals surface area contributed by atoms with Crippen molar-refractivity contribution >= 4 is 23.2 Å². The van der Waals surface area contributed by atoms with E-state index in [1.165, 1.54) is 12.1 Å². The summed E-state index contributed by atoms with van der Waals surface area (Å²) < 4.78 is 13.0. The molecule has 0 N–H and O–H groups in total. The number of amides is 1. The third-order valence-electron chi connectivity index (χ3n) is 3.16. The van der Waals surface area contributed by atoms with Crippen molar-refractivity contribution in [1.29, 1.82) is 0 Å². The first-order chi connectivity index (χ1) is 10.0. The molecular weight excluding hydrogens is 291 g/mol. The van der Waals surface area contributed by atoms with Crippen LogP contribution in [0, 0.1) is 5.82 Å². The van der Waals surface area contributed by atoms with E-state index >= 15 is 0 Å². The van der Waals surface area contributed by atoms with Crippen LogP contribution in [0.25, 0.3) is 0 Å². The minimum absolute atomic E-state index is 0.178. The van der Waals surface area contributed by atoms with Gasteiger partial charge in [-0.1, -0.05) is 18.5 Å². The number of benzene rings is 1. The van der Waals surface area contributed by atoms with Crippen LogP contribution in [0.2, 0.25) is 5.15 Å². The number of anilines is 1. The van der Waals surface area contributed by atoms with Gasteiger partial charge in [-0.2, -0.15) is 0 Å². The van der Waals surface area contributed by atoms with E-state index in [1.807, 2.05) is 13.8 Å². The van der Waals surface area contributed by atoms with Crippen molar-refractivity contribution in [3.05, 3.63) is 58.6 Å². The molecule has 0 unspecified atom stereocenters. The molecule has 0 atom stereocenters. The smallest absolute Gasteiger partial charge is 0.258 e. The van der Waals surface area contributed by atoms with Crippen LogP contribution in [0.3, 0.4) is 0 Å². The quantitative estimate of drug-likeness (QED) is 0.797. The molecule has 1 heterocycles. The van der Waals surface area contributed by atoms with Gasteiger partial charge in [-0.15, -0.1) is 0 Å². The van der Waals surface area contributed by atoms with E-state index in [2.05, 4.69) is 4.98 Å². The first-order valence-corrected chi connectivity index (χ1v) is 7.16. The van der Waals surface area contributed by atoms with E-state index in [9.17, 15) is 9.18 Å². The highest BCUT2D eigenvalue weighted by Gasteiger charge is 2.17. The summed E-state index contributed by atoms with van der Waals surface area (Å²) in [6.45, 7) is 4.29. The number of carbonyl (C=O) groups is 1. The van der Waals surface area contributed by atoms with Gasteiger partial charge in [-0.3, -0.25) is 4.79 Å². The maximum atomic E-state index is 13.0. The molecule has 2 rings (SSSR count). The Bertz CT molecular complexity index is 643. The maximum Gasteiger partial charge on any atom is 0.258 e. The second-order valence-electron chi connectivity index (χ2n) is 4.55. The van der Waals surface area contributed by atoms with Crippen LogP contribution >= 0.6 is 11.6 Å². The zero-order chi connectivity index (χ0) is 15.4. The lowest BCUT2D eigenvalue weighted by Crippen LogP contribution is -2.30. The fourth-order valence-corrected chi connectivity index (χ4v) is 2.30. The monoisotopic (exact) mass is 306 g/mol. The van der Waals surface area contributed by atoms with Crippen LogP contribution in [0.4, 0.5) is 10.1 Å². The fraction of sp³-hybridized carbons (Fsp3) is 0.250. The van der Waals surface area contributed by atoms with E-state index < -0.39 is 0 Å². The lowest BCUT2D eigenvalue weighted by atomic mass is 10.1. The highest BCUT2D eigenvalue weighted by Crippen LogP contribution is 2.19. The van der Waals surface area contributed by atoms with Crippen LogP contribution in [0.15, 0.2) is 36.4 Å². The van der Waals surface area contributed by atoms with Gasteiger partial charge in [-0.25, -0.2) is 9.37 Å². The predicted octanol–water partition coefficient (Wildman–Crippen LogP) is 4.10. The Morgan fingerprint density at radius 2 is 1.90 bits per heavy atom. The van der Waals surface area contributed by atoms with Gasteiger partial charge >= 0.3 is 0 Å². The van der Waals surface area contributed by atoms with Gasteiger partial charge in [-0.05, 0) is 49.7 Å². The second kappa shape index (κ2) is 6.68. The van der Waals surface area contributed by atoms with Crippen LogP contribution in [0.5, 0.6) is 0 Å². The SMILES string of the molecule is CCc1cc(C(=O)N(CC)c2ccc(F)cc2)cc(Cl)n1. The molecule has 0 saturated heterocycles. The summed E-state index contributed by atoms with van der Waals surface area (Å²) in [5, 5.41) is 0.299. The van der Waals surface area contributed by atoms with Gasteiger partial charge < -0.3 is 4.90 Å². The van der Waals surface area contributed by atoms with E-state index in [4.69, 9.17) is 11.6 Å². The third kappa shape index (κ3) is 3.58. The summed E-state index contributed by atoms with van der Waals surface area (Å²) >= 11 is 5.96. The minimum Gasteiger partial charge on any atom is -0.309 e. The summed E-state index contributed by atoms with van der Waals surface area (Å²) in [4.78, 5) is 18.4. The molecule has 1 amide bonds. The molecule has 21 heavy (non-hydrogen) atoms. The van der Waals surface area contributed by atoms with Crippen molar-refractivity contribution in [2.24, 2.45) is 0 Å². The van der Waals surface area contributed by atoms with Gasteiger partial charge in [0.25, 0.3) is 5.91 Å². The Labute approximate surface area is 128 Å². The summed E-state index contributed by atoms with van der Waals surface area (Å²) in [5.74, 6) is -0.509. The molecule has 0 bridgehead atoms. The summed E-state index contributed by atoms with van der Waals surface area (Å²) in [6.07, 6.45) is 0.698. The van der Waals surface area contributed by atoms with E-state index in [-0.39, 0.29) is 11.7 Å². The molecule has 1 aromatic heterocycles. The Morgan fingerprint density at radius 1 is 1.24 bits per heavy atom. The Balaban J connectivity index is 2.36. The van der Waals surface area contributed by atoms with E-state index in [0.717, 1.165) is 5.69 Å². The molecule has 3 nitrogen and oxygen atoms in total. The normalized spacial score (nSPS) is 10.5. The van der Waals surface area contributed by atoms with Crippen LogP contribution in [-0.4, -0.2) is 17.4 Å². The first kappa shape index (κ1) is 15.4. The van der Waals surface area contributed by atoms with Crippen molar-refractivity contribution in [1.82, 2.24) is 4.98 Å². The predicted molar refractivity (Wildman–Crippen MR) is 82.4 cm³/mol. The fourth-order valence-electron chi connectivity index (χ4n) is 2.08. The molecule has 5 heteroatoms. The maximum absolute atomic E-state index is 13.0. The molecule has 2 aromatic rings. The molecule has 0 radical (unpaired) electrons. The number of aryl methyl sites for hydroxylation is 1. The average Bonchev–Trinajstić information content (AvgIpc) is 2.49. The molecule has 0 spiro atoms. The molecule has 0 saturated carbocycles. The number of carbonyl (C=O) groups excluding carboxylic acids is 1. The van der Waals surface area contributed by atoms with Crippen molar-refractivity contribution in [3.63, 3.8) is 0 Å². The lowest BCUT2D eigenvalue weighted by molar-refractivity contribution is 0.0988. The molecule has 110 valence electrons. The number of halogens is 2. The van der Waals surface area contributed by atoms with Gasteiger partial charge in [0.15, 0.2) is 0 Å².